The SMILES string of the molecule is [2H]C([2H])(OP1(=O)OCc2c(F)c(C(C)(C)C)cc(C(C)(C)C)c2O1)[C@]1(F)C[C@@H](O)[C@]([2H])(n2cc(C)c(=O)[nH]c2=O)O1. The Morgan fingerprint density at radius 3 is 2.53 bits per heavy atom. The van der Waals surface area contributed by atoms with Crippen LogP contribution < -0.4 is 15.8 Å². The van der Waals surface area contributed by atoms with Crippen LogP contribution in [-0.2, 0) is 35.8 Å². The fourth-order valence-corrected chi connectivity index (χ4v) is 5.21. The molecule has 0 bridgehead atoms. The molecular formula is C25H33F2N2O8P. The van der Waals surface area contributed by atoms with Gasteiger partial charge < -0.3 is 14.4 Å². The van der Waals surface area contributed by atoms with E-state index < -0.39 is 73.5 Å². The second-order valence-electron chi connectivity index (χ2n) is 11.4. The number of phosphoric acid groups is 1. The number of rotatable bonds is 4. The largest absolute Gasteiger partial charge is 0.530 e. The van der Waals surface area contributed by atoms with Gasteiger partial charge in [0.15, 0.2) is 6.20 Å². The number of hydrogen-bond donors (Lipinski definition) is 2. The summed E-state index contributed by atoms with van der Waals surface area (Å²) >= 11 is 0. The number of aromatic amines is 1. The molecule has 0 radical (unpaired) electrons. The molecular weight excluding hydrogens is 525 g/mol. The van der Waals surface area contributed by atoms with Crippen molar-refractivity contribution >= 4 is 7.82 Å². The Labute approximate surface area is 222 Å². The summed E-state index contributed by atoms with van der Waals surface area (Å²) in [7, 11) is -5.01. The number of ether oxygens (including phenoxy) is 1. The van der Waals surface area contributed by atoms with Gasteiger partial charge in [0, 0.05) is 23.7 Å². The van der Waals surface area contributed by atoms with Crippen LogP contribution in [0, 0.1) is 12.7 Å². The molecule has 2 N–H and O–H groups in total. The van der Waals surface area contributed by atoms with Crippen LogP contribution in [0.5, 0.6) is 5.75 Å². The lowest BCUT2D eigenvalue weighted by Crippen LogP contribution is -2.37. The van der Waals surface area contributed by atoms with E-state index in [1.54, 1.807) is 26.8 Å². The zero-order chi connectivity index (χ0) is 31.1. The summed E-state index contributed by atoms with van der Waals surface area (Å²) in [4.78, 5) is 26.0. The number of aromatic nitrogens is 2. The zero-order valence-electron chi connectivity index (χ0n) is 25.1. The number of aliphatic hydroxyl groups is 1. The van der Waals surface area contributed by atoms with Crippen LogP contribution in [0.4, 0.5) is 8.78 Å². The first kappa shape index (κ1) is 24.7. The molecule has 38 heavy (non-hydrogen) atoms. The first-order valence-corrected chi connectivity index (χ1v) is 13.3. The number of halogens is 2. The maximum atomic E-state index is 16.1. The molecule has 1 unspecified atom stereocenters. The standard InChI is InChI=1S/C25H33F2N2O8P/c1-13-10-29(22(32)28-20(13)31)21-17(30)9-25(27,36-21)12-35-38(33)34-11-14-18(26)15(23(2,3)4)8-16(19(14)37-38)24(5,6)7/h8,10,17,21,30H,9,11-12H2,1-7H3,(H,28,31,32)/t17-,21-,25+,38?/m1/s1/i12D2,21D. The molecule has 0 aliphatic carbocycles. The highest BCUT2D eigenvalue weighted by Crippen LogP contribution is 2.58. The van der Waals surface area contributed by atoms with Gasteiger partial charge in [-0.1, -0.05) is 41.5 Å². The lowest BCUT2D eigenvalue weighted by Gasteiger charge is -2.34. The highest BCUT2D eigenvalue weighted by molar-refractivity contribution is 7.49. The fourth-order valence-electron chi connectivity index (χ4n) is 4.10. The summed E-state index contributed by atoms with van der Waals surface area (Å²) in [6, 6.07) is 1.56. The Morgan fingerprint density at radius 1 is 1.29 bits per heavy atom. The number of H-pyrrole nitrogens is 1. The predicted molar refractivity (Wildman–Crippen MR) is 133 cm³/mol. The molecule has 1 fully saturated rings. The van der Waals surface area contributed by atoms with E-state index in [4.69, 9.17) is 22.4 Å². The van der Waals surface area contributed by atoms with Gasteiger partial charge in [0.2, 0.25) is 5.85 Å². The predicted octanol–water partition coefficient (Wildman–Crippen LogP) is 4.26. The highest BCUT2D eigenvalue weighted by atomic mass is 31.2. The molecule has 0 amide bonds. The fraction of sp³-hybridized carbons (Fsp3) is 0.600. The molecule has 13 heteroatoms. The van der Waals surface area contributed by atoms with Gasteiger partial charge in [0.25, 0.3) is 5.56 Å². The van der Waals surface area contributed by atoms with Crippen LogP contribution in [0.2, 0.25) is 0 Å². The molecule has 0 saturated carbocycles. The van der Waals surface area contributed by atoms with E-state index >= 15 is 8.78 Å². The summed E-state index contributed by atoms with van der Waals surface area (Å²) in [5, 5.41) is 10.5. The van der Waals surface area contributed by atoms with Crippen molar-refractivity contribution in [2.24, 2.45) is 0 Å². The van der Waals surface area contributed by atoms with Gasteiger partial charge in [-0.25, -0.2) is 18.1 Å². The third kappa shape index (κ3) is 5.37. The Hall–Kier alpha value is -2.37. The van der Waals surface area contributed by atoms with Crippen molar-refractivity contribution in [3.63, 3.8) is 0 Å². The van der Waals surface area contributed by atoms with Crippen LogP contribution in [0.1, 0.15) is 80.5 Å². The maximum Gasteiger partial charge on any atom is 0.530 e. The first-order chi connectivity index (χ1) is 18.4. The molecule has 2 aromatic rings. The summed E-state index contributed by atoms with van der Waals surface area (Å²) < 4.78 is 91.2. The Bertz CT molecular complexity index is 1570. The van der Waals surface area contributed by atoms with Gasteiger partial charge in [0.05, 0.1) is 16.3 Å². The monoisotopic (exact) mass is 561 g/mol. The molecule has 1 saturated heterocycles. The molecule has 3 heterocycles. The lowest BCUT2D eigenvalue weighted by molar-refractivity contribution is -0.179. The third-order valence-corrected chi connectivity index (χ3v) is 7.34. The van der Waals surface area contributed by atoms with Crippen molar-refractivity contribution in [3.8, 4) is 5.75 Å². The Kier molecular flexibility index (Phi) is 6.08. The molecule has 2 aliphatic heterocycles. The third-order valence-electron chi connectivity index (χ3n) is 6.17. The molecule has 4 rings (SSSR count). The van der Waals surface area contributed by atoms with Crippen molar-refractivity contribution in [2.45, 2.75) is 90.5 Å². The second kappa shape index (κ2) is 9.38. The number of benzene rings is 1. The minimum Gasteiger partial charge on any atom is -0.403 e. The van der Waals surface area contributed by atoms with Crippen LogP contribution in [0.25, 0.3) is 0 Å². The number of aryl methyl sites for hydroxylation is 1. The van der Waals surface area contributed by atoms with Crippen LogP contribution >= 0.6 is 7.82 Å². The van der Waals surface area contributed by atoms with E-state index in [1.165, 1.54) is 6.92 Å². The van der Waals surface area contributed by atoms with Gasteiger partial charge >= 0.3 is 13.5 Å². The van der Waals surface area contributed by atoms with Crippen LogP contribution in [0.15, 0.2) is 21.9 Å². The molecule has 1 aromatic heterocycles. The normalized spacial score (nSPS) is 31.2. The summed E-state index contributed by atoms with van der Waals surface area (Å²) in [5.41, 5.74) is -2.70. The topological polar surface area (TPSA) is 129 Å². The minimum absolute atomic E-state index is 0.0709. The van der Waals surface area contributed by atoms with E-state index in [1.807, 2.05) is 25.8 Å². The number of phosphoric ester groups is 1. The number of hydrogen-bond acceptors (Lipinski definition) is 8. The molecule has 10 nitrogen and oxygen atoms in total. The average Bonchev–Trinajstić information content (AvgIpc) is 3.04. The molecule has 2 aliphatic rings. The lowest BCUT2D eigenvalue weighted by atomic mass is 9.78. The summed E-state index contributed by atoms with van der Waals surface area (Å²) in [6.07, 6.45) is -5.50. The van der Waals surface area contributed by atoms with E-state index in [0.717, 1.165) is 6.20 Å². The molecule has 4 atom stereocenters. The van der Waals surface area contributed by atoms with Gasteiger partial charge in [-0.15, -0.1) is 0 Å². The van der Waals surface area contributed by atoms with Crippen LogP contribution in [-0.4, -0.2) is 33.2 Å². The first-order valence-electron chi connectivity index (χ1n) is 13.4. The number of nitrogens with one attached hydrogen (secondary N) is 1. The minimum atomic E-state index is -5.01. The Morgan fingerprint density at radius 2 is 1.92 bits per heavy atom. The highest BCUT2D eigenvalue weighted by Gasteiger charge is 2.51. The molecule has 0 spiro atoms. The second-order valence-corrected chi connectivity index (χ2v) is 12.9. The van der Waals surface area contributed by atoms with E-state index in [2.05, 4.69) is 0 Å². The number of fused-ring (bicyclic) bond motifs is 1. The summed E-state index contributed by atoms with van der Waals surface area (Å²) in [6.45, 7) is 7.76. The van der Waals surface area contributed by atoms with Crippen molar-refractivity contribution in [3.05, 3.63) is 61.2 Å². The van der Waals surface area contributed by atoms with Crippen molar-refractivity contribution in [2.75, 3.05) is 6.56 Å². The smallest absolute Gasteiger partial charge is 0.403 e. The van der Waals surface area contributed by atoms with E-state index in [9.17, 15) is 19.3 Å². The summed E-state index contributed by atoms with van der Waals surface area (Å²) in [5.74, 6) is -4.53. The van der Waals surface area contributed by atoms with Gasteiger partial charge in [-0.2, -0.15) is 0 Å². The van der Waals surface area contributed by atoms with Crippen LogP contribution in [0.3, 0.4) is 0 Å². The van der Waals surface area contributed by atoms with Gasteiger partial charge in [-0.3, -0.25) is 23.4 Å². The number of nitrogens with zero attached hydrogens (tertiary/aromatic N) is 1. The van der Waals surface area contributed by atoms with Gasteiger partial charge in [0.1, 0.15) is 24.2 Å². The van der Waals surface area contributed by atoms with Crippen molar-refractivity contribution < 1.29 is 40.9 Å². The van der Waals surface area contributed by atoms with E-state index in [-0.39, 0.29) is 16.9 Å². The van der Waals surface area contributed by atoms with Crippen molar-refractivity contribution in [1.29, 1.82) is 0 Å². The number of aliphatic hydroxyl groups excluding tert-OH is 1. The molecule has 210 valence electrons. The zero-order valence-corrected chi connectivity index (χ0v) is 23.0. The van der Waals surface area contributed by atoms with E-state index in [0.29, 0.717) is 15.7 Å². The number of alkyl halides is 1. The Balaban J connectivity index is 1.71. The maximum absolute atomic E-state index is 16.1. The average molecular weight is 562 g/mol. The van der Waals surface area contributed by atoms with Gasteiger partial charge in [-0.05, 0) is 29.4 Å². The molecule has 1 aromatic carbocycles. The quantitative estimate of drug-likeness (QED) is 0.530. The van der Waals surface area contributed by atoms with Crippen molar-refractivity contribution in [1.82, 2.24) is 9.55 Å².